The summed E-state index contributed by atoms with van der Waals surface area (Å²) in [5.41, 5.74) is 0. The third-order valence-corrected chi connectivity index (χ3v) is 4.70. The molecule has 2 heterocycles. The van der Waals surface area contributed by atoms with E-state index < -0.39 is 0 Å². The van der Waals surface area contributed by atoms with Crippen LogP contribution in [0.5, 0.6) is 0 Å². The van der Waals surface area contributed by atoms with Gasteiger partial charge in [0.05, 0.1) is 6.54 Å². The Morgan fingerprint density at radius 1 is 1.20 bits per heavy atom. The predicted octanol–water partition coefficient (Wildman–Crippen LogP) is 1.74. The molecule has 1 N–H and O–H groups in total. The summed E-state index contributed by atoms with van der Waals surface area (Å²) in [6.07, 6.45) is 4.82. The van der Waals surface area contributed by atoms with Gasteiger partial charge in [0, 0.05) is 18.6 Å². The van der Waals surface area contributed by atoms with Crippen LogP contribution in [-0.2, 0) is 4.79 Å². The quantitative estimate of drug-likeness (QED) is 0.859. The van der Waals surface area contributed by atoms with Crippen molar-refractivity contribution in [3.05, 3.63) is 0 Å². The molecule has 0 aromatic rings. The van der Waals surface area contributed by atoms with E-state index in [0.29, 0.717) is 30.5 Å². The summed E-state index contributed by atoms with van der Waals surface area (Å²) in [6.45, 7) is 8.23. The first-order valence-electron chi connectivity index (χ1n) is 7.80. The van der Waals surface area contributed by atoms with E-state index >= 15 is 0 Å². The summed E-state index contributed by atoms with van der Waals surface area (Å²) in [5, 5.41) is 3.24. The van der Waals surface area contributed by atoms with Crippen LogP contribution in [0.25, 0.3) is 0 Å². The normalized spacial score (nSPS) is 31.1. The lowest BCUT2D eigenvalue weighted by molar-refractivity contribution is -0.138. The lowest BCUT2D eigenvalue weighted by Gasteiger charge is -2.39. The molecule has 118 valence electrons. The maximum absolute atomic E-state index is 12.5. The average molecular weight is 304 g/mol. The number of carbonyl (C=O) groups excluding carboxylic acids is 1. The molecule has 0 spiro atoms. The van der Waals surface area contributed by atoms with Crippen molar-refractivity contribution >= 4 is 18.3 Å². The van der Waals surface area contributed by atoms with Crippen molar-refractivity contribution in [3.63, 3.8) is 0 Å². The first kappa shape index (κ1) is 17.7. The summed E-state index contributed by atoms with van der Waals surface area (Å²) in [6, 6.07) is 0.846. The molecule has 0 bridgehead atoms. The highest BCUT2D eigenvalue weighted by atomic mass is 35.5. The molecule has 0 aromatic carbocycles. The molecule has 2 saturated heterocycles. The van der Waals surface area contributed by atoms with E-state index in [1.54, 1.807) is 0 Å². The van der Waals surface area contributed by atoms with Crippen molar-refractivity contribution in [1.29, 1.82) is 0 Å². The third-order valence-electron chi connectivity index (χ3n) is 4.70. The van der Waals surface area contributed by atoms with E-state index in [1.165, 1.54) is 25.7 Å². The molecule has 2 aliphatic rings. The van der Waals surface area contributed by atoms with Gasteiger partial charge in [-0.15, -0.1) is 12.4 Å². The summed E-state index contributed by atoms with van der Waals surface area (Å²) >= 11 is 0. The minimum absolute atomic E-state index is 0. The first-order valence-corrected chi connectivity index (χ1v) is 7.80. The Morgan fingerprint density at radius 2 is 1.85 bits per heavy atom. The molecule has 1 amide bonds. The van der Waals surface area contributed by atoms with Crippen LogP contribution in [0.1, 0.15) is 39.5 Å². The van der Waals surface area contributed by atoms with Gasteiger partial charge in [-0.05, 0) is 65.6 Å². The molecular formula is C15H30ClN3O. The fourth-order valence-corrected chi connectivity index (χ4v) is 3.70. The topological polar surface area (TPSA) is 35.6 Å². The molecule has 0 saturated carbocycles. The Balaban J connectivity index is 0.00000200. The zero-order chi connectivity index (χ0) is 13.8. The zero-order valence-corrected chi connectivity index (χ0v) is 13.9. The van der Waals surface area contributed by atoms with Crippen LogP contribution in [0.4, 0.5) is 0 Å². The number of piperidine rings is 1. The Labute approximate surface area is 129 Å². The molecule has 0 radical (unpaired) electrons. The molecule has 20 heavy (non-hydrogen) atoms. The summed E-state index contributed by atoms with van der Waals surface area (Å²) in [4.78, 5) is 17.0. The highest BCUT2D eigenvalue weighted by molar-refractivity contribution is 5.85. The van der Waals surface area contributed by atoms with Crippen molar-refractivity contribution in [3.8, 4) is 0 Å². The number of amides is 1. The SMILES string of the molecule is CNCC1CCN(CC(=O)N2C(C)CCCC2C)C1.Cl. The second-order valence-corrected chi connectivity index (χ2v) is 6.38. The third kappa shape index (κ3) is 4.34. The Bertz CT molecular complexity index is 303. The van der Waals surface area contributed by atoms with Crippen LogP contribution < -0.4 is 5.32 Å². The van der Waals surface area contributed by atoms with Crippen molar-refractivity contribution in [1.82, 2.24) is 15.1 Å². The van der Waals surface area contributed by atoms with Gasteiger partial charge >= 0.3 is 0 Å². The summed E-state index contributed by atoms with van der Waals surface area (Å²) in [7, 11) is 2.00. The van der Waals surface area contributed by atoms with Gasteiger partial charge in [0.25, 0.3) is 0 Å². The number of likely N-dealkylation sites (tertiary alicyclic amines) is 2. The minimum atomic E-state index is 0. The van der Waals surface area contributed by atoms with Crippen molar-refractivity contribution in [2.45, 2.75) is 51.6 Å². The smallest absolute Gasteiger partial charge is 0.237 e. The molecule has 0 aliphatic carbocycles. The van der Waals surface area contributed by atoms with E-state index in [0.717, 1.165) is 19.6 Å². The van der Waals surface area contributed by atoms with Crippen LogP contribution in [-0.4, -0.2) is 61.0 Å². The fourth-order valence-electron chi connectivity index (χ4n) is 3.70. The van der Waals surface area contributed by atoms with E-state index in [-0.39, 0.29) is 12.4 Å². The molecule has 4 nitrogen and oxygen atoms in total. The number of hydrogen-bond donors (Lipinski definition) is 1. The number of rotatable bonds is 4. The lowest BCUT2D eigenvalue weighted by atomic mass is 9.97. The van der Waals surface area contributed by atoms with E-state index in [9.17, 15) is 4.79 Å². The predicted molar refractivity (Wildman–Crippen MR) is 85.3 cm³/mol. The molecule has 2 rings (SSSR count). The van der Waals surface area contributed by atoms with Crippen molar-refractivity contribution in [2.24, 2.45) is 5.92 Å². The number of hydrogen-bond acceptors (Lipinski definition) is 3. The number of nitrogens with zero attached hydrogens (tertiary/aromatic N) is 2. The second-order valence-electron chi connectivity index (χ2n) is 6.38. The summed E-state index contributed by atoms with van der Waals surface area (Å²) in [5.74, 6) is 1.05. The van der Waals surface area contributed by atoms with Gasteiger partial charge in [0.1, 0.15) is 0 Å². The fraction of sp³-hybridized carbons (Fsp3) is 0.933. The van der Waals surface area contributed by atoms with Gasteiger partial charge in [-0.2, -0.15) is 0 Å². The van der Waals surface area contributed by atoms with E-state index in [2.05, 4.69) is 29.0 Å². The largest absolute Gasteiger partial charge is 0.336 e. The highest BCUT2D eigenvalue weighted by Gasteiger charge is 2.31. The molecule has 2 aliphatic heterocycles. The van der Waals surface area contributed by atoms with Crippen LogP contribution in [0.3, 0.4) is 0 Å². The minimum Gasteiger partial charge on any atom is -0.336 e. The van der Waals surface area contributed by atoms with Gasteiger partial charge in [0.15, 0.2) is 0 Å². The van der Waals surface area contributed by atoms with E-state index in [1.807, 2.05) is 7.05 Å². The molecule has 0 aromatic heterocycles. The number of carbonyl (C=O) groups is 1. The van der Waals surface area contributed by atoms with Crippen LogP contribution >= 0.6 is 12.4 Å². The molecular weight excluding hydrogens is 274 g/mol. The number of halogens is 1. The highest BCUT2D eigenvalue weighted by Crippen LogP contribution is 2.23. The van der Waals surface area contributed by atoms with Crippen LogP contribution in [0, 0.1) is 5.92 Å². The average Bonchev–Trinajstić information content (AvgIpc) is 2.77. The van der Waals surface area contributed by atoms with Crippen LogP contribution in [0.2, 0.25) is 0 Å². The monoisotopic (exact) mass is 303 g/mol. The molecule has 3 atom stereocenters. The van der Waals surface area contributed by atoms with Gasteiger partial charge in [-0.25, -0.2) is 0 Å². The molecule has 2 fully saturated rings. The zero-order valence-electron chi connectivity index (χ0n) is 13.1. The first-order chi connectivity index (χ1) is 9.11. The second kappa shape index (κ2) is 8.20. The lowest BCUT2D eigenvalue weighted by Crippen LogP contribution is -2.50. The Hall–Kier alpha value is -0.320. The van der Waals surface area contributed by atoms with Gasteiger partial charge < -0.3 is 10.2 Å². The van der Waals surface area contributed by atoms with Gasteiger partial charge in [-0.3, -0.25) is 9.69 Å². The summed E-state index contributed by atoms with van der Waals surface area (Å²) < 4.78 is 0. The number of nitrogens with one attached hydrogen (secondary N) is 1. The van der Waals surface area contributed by atoms with Gasteiger partial charge in [-0.1, -0.05) is 0 Å². The van der Waals surface area contributed by atoms with Crippen molar-refractivity contribution in [2.75, 3.05) is 33.2 Å². The standard InChI is InChI=1S/C15H29N3O.ClH/c1-12-5-4-6-13(2)18(12)15(19)11-17-8-7-14(10-17)9-16-3;/h12-14,16H,4-11H2,1-3H3;1H. The Morgan fingerprint density at radius 3 is 2.45 bits per heavy atom. The van der Waals surface area contributed by atoms with Crippen LogP contribution in [0.15, 0.2) is 0 Å². The maximum atomic E-state index is 12.5. The molecule has 5 heteroatoms. The van der Waals surface area contributed by atoms with Gasteiger partial charge in [0.2, 0.25) is 5.91 Å². The Kier molecular flexibility index (Phi) is 7.27. The molecule has 3 unspecified atom stereocenters. The maximum Gasteiger partial charge on any atom is 0.237 e. The van der Waals surface area contributed by atoms with E-state index in [4.69, 9.17) is 0 Å². The van der Waals surface area contributed by atoms with Crippen molar-refractivity contribution < 1.29 is 4.79 Å².